The highest BCUT2D eigenvalue weighted by atomic mass is 32.2. The molecule has 20 heteroatoms. The first kappa shape index (κ1) is 44.8. The number of rotatable bonds is 22. The van der Waals surface area contributed by atoms with Gasteiger partial charge >= 0.3 is 47.0 Å². The predicted molar refractivity (Wildman–Crippen MR) is 136 cm³/mol. The number of carbonyl (C=O) groups is 1. The molecule has 0 saturated heterocycles. The molecular formula is C26H37F17NOS+. The molecule has 0 spiro atoms. The van der Waals surface area contributed by atoms with Crippen LogP contribution in [-0.2, 0) is 4.79 Å². The van der Waals surface area contributed by atoms with Crippen molar-refractivity contribution in [2.75, 3.05) is 27.2 Å². The van der Waals surface area contributed by atoms with Crippen molar-refractivity contribution < 1.29 is 83.9 Å². The smallest absolute Gasteiger partial charge is 0.322 e. The monoisotopic (exact) mass is 734 g/mol. The van der Waals surface area contributed by atoms with E-state index in [4.69, 9.17) is 0 Å². The van der Waals surface area contributed by atoms with E-state index in [0.29, 0.717) is 12.8 Å². The SMILES string of the molecule is CCCCCCCCCCCCCC[N+](C)(C)CC(=O)SC(F)(F)C(F)(F)C(F)(F)C(F)(F)C(F)(F)C(F)(F)C(F)(F)C(F)(F)F. The topological polar surface area (TPSA) is 17.1 Å². The van der Waals surface area contributed by atoms with Crippen molar-refractivity contribution in [3.8, 4) is 0 Å². The van der Waals surface area contributed by atoms with Crippen LogP contribution >= 0.6 is 11.8 Å². The minimum Gasteiger partial charge on any atom is -0.322 e. The lowest BCUT2D eigenvalue weighted by atomic mass is 9.91. The zero-order chi connectivity index (χ0) is 36.7. The standard InChI is InChI=1S/C26H37F17NOS/c1-4-5-6-7-8-9-10-11-12-13-14-15-16-44(2,3)17-18(45)46-26(42,43)24(37,38)22(33,34)20(29,30)19(27,28)21(31,32)23(35,36)25(39,40)41/h4-17H2,1-3H3/q+1. The number of hydrogen-bond acceptors (Lipinski definition) is 2. The van der Waals surface area contributed by atoms with Gasteiger partial charge in [0.25, 0.3) is 0 Å². The molecule has 0 bridgehead atoms. The molecule has 276 valence electrons. The summed E-state index contributed by atoms with van der Waals surface area (Å²) in [6, 6.07) is 0. The van der Waals surface area contributed by atoms with Gasteiger partial charge in [0.15, 0.2) is 0 Å². The van der Waals surface area contributed by atoms with Crippen molar-refractivity contribution in [3.05, 3.63) is 0 Å². The second-order valence-electron chi connectivity index (χ2n) is 11.6. The van der Waals surface area contributed by atoms with E-state index in [0.717, 1.165) is 51.4 Å². The maximum Gasteiger partial charge on any atom is 0.460 e. The Hall–Kier alpha value is -1.21. The lowest BCUT2D eigenvalue weighted by molar-refractivity contribution is -0.882. The number of likely N-dealkylation sites (N-methyl/N-ethyl adjacent to an activating group) is 1. The lowest BCUT2D eigenvalue weighted by Gasteiger charge is -2.42. The fraction of sp³-hybridized carbons (Fsp3) is 0.962. The van der Waals surface area contributed by atoms with E-state index >= 15 is 0 Å². The molecule has 0 N–H and O–H groups in total. The number of quaternary nitrogens is 1. The summed E-state index contributed by atoms with van der Waals surface area (Å²) < 4.78 is 227. The quantitative estimate of drug-likeness (QED) is 0.0626. The van der Waals surface area contributed by atoms with Crippen molar-refractivity contribution in [2.24, 2.45) is 0 Å². The Morgan fingerprint density at radius 2 is 0.783 bits per heavy atom. The zero-order valence-electron chi connectivity index (χ0n) is 25.1. The van der Waals surface area contributed by atoms with Crippen LogP contribution in [0.1, 0.15) is 84.0 Å². The third-order valence-electron chi connectivity index (χ3n) is 7.11. The molecule has 46 heavy (non-hydrogen) atoms. The molecule has 0 aliphatic heterocycles. The summed E-state index contributed by atoms with van der Waals surface area (Å²) in [6.07, 6.45) is 3.53. The Morgan fingerprint density at radius 1 is 0.478 bits per heavy atom. The van der Waals surface area contributed by atoms with Gasteiger partial charge in [0.05, 0.1) is 20.6 Å². The van der Waals surface area contributed by atoms with Gasteiger partial charge in [-0.25, -0.2) is 0 Å². The Balaban J connectivity index is 5.39. The van der Waals surface area contributed by atoms with Crippen LogP contribution in [0.15, 0.2) is 0 Å². The Kier molecular flexibility index (Phi) is 15.6. The third kappa shape index (κ3) is 9.92. The molecule has 0 fully saturated rings. The van der Waals surface area contributed by atoms with Gasteiger partial charge in [-0.15, -0.1) is 0 Å². The largest absolute Gasteiger partial charge is 0.460 e. The van der Waals surface area contributed by atoms with E-state index < -0.39 is 74.9 Å². The molecule has 2 nitrogen and oxygen atoms in total. The first-order valence-corrected chi connectivity index (χ1v) is 15.0. The van der Waals surface area contributed by atoms with Crippen molar-refractivity contribution in [2.45, 2.75) is 131 Å². The van der Waals surface area contributed by atoms with Crippen LogP contribution in [0, 0.1) is 0 Å². The van der Waals surface area contributed by atoms with Gasteiger partial charge in [-0.05, 0) is 24.6 Å². The van der Waals surface area contributed by atoms with E-state index in [1.807, 2.05) is 0 Å². The molecular weight excluding hydrogens is 697 g/mol. The molecule has 0 unspecified atom stereocenters. The van der Waals surface area contributed by atoms with E-state index in [1.165, 1.54) is 26.9 Å². The summed E-state index contributed by atoms with van der Waals surface area (Å²) in [5.41, 5.74) is 0. The molecule has 0 radical (unpaired) electrons. The summed E-state index contributed by atoms with van der Waals surface area (Å²) in [5, 5.41) is -8.85. The number of halogens is 17. The highest BCUT2D eigenvalue weighted by molar-refractivity contribution is 8.14. The van der Waals surface area contributed by atoms with Crippen LogP contribution in [0.25, 0.3) is 0 Å². The second kappa shape index (κ2) is 16.0. The fourth-order valence-electron chi connectivity index (χ4n) is 4.20. The average Bonchev–Trinajstić information content (AvgIpc) is 2.87. The maximum atomic E-state index is 14.1. The molecule has 0 aromatic rings. The molecule has 0 rings (SSSR count). The van der Waals surface area contributed by atoms with Gasteiger partial charge in [0, 0.05) is 0 Å². The van der Waals surface area contributed by atoms with Crippen molar-refractivity contribution in [1.82, 2.24) is 0 Å². The van der Waals surface area contributed by atoms with Crippen LogP contribution in [0.3, 0.4) is 0 Å². The number of alkyl halides is 17. The molecule has 0 atom stereocenters. The minimum absolute atomic E-state index is 0.0364. The van der Waals surface area contributed by atoms with Crippen LogP contribution in [0.4, 0.5) is 74.6 Å². The van der Waals surface area contributed by atoms with Crippen LogP contribution < -0.4 is 0 Å². The molecule has 0 aromatic carbocycles. The van der Waals surface area contributed by atoms with E-state index in [1.54, 1.807) is 0 Å². The highest BCUT2D eigenvalue weighted by Crippen LogP contribution is 2.65. The van der Waals surface area contributed by atoms with E-state index in [-0.39, 0.29) is 6.54 Å². The zero-order valence-corrected chi connectivity index (χ0v) is 25.9. The number of unbranched alkanes of at least 4 members (excludes halogenated alkanes) is 11. The van der Waals surface area contributed by atoms with Gasteiger partial charge in [-0.2, -0.15) is 74.6 Å². The maximum absolute atomic E-state index is 14.1. The predicted octanol–water partition coefficient (Wildman–Crippen LogP) is 11.0. The average molecular weight is 735 g/mol. The van der Waals surface area contributed by atoms with Gasteiger partial charge in [0.2, 0.25) is 5.12 Å². The molecule has 0 heterocycles. The number of carbonyl (C=O) groups excluding carboxylic acids is 1. The minimum atomic E-state index is -8.69. The molecule has 0 aliphatic rings. The second-order valence-corrected chi connectivity index (χ2v) is 12.8. The highest BCUT2D eigenvalue weighted by Gasteiger charge is 2.95. The third-order valence-corrected chi connectivity index (χ3v) is 7.98. The normalized spacial score (nSPS) is 15.0. The number of hydrogen-bond donors (Lipinski definition) is 0. The van der Waals surface area contributed by atoms with Crippen LogP contribution in [0.2, 0.25) is 0 Å². The summed E-state index contributed by atoms with van der Waals surface area (Å²) in [5.74, 6) is -50.4. The van der Waals surface area contributed by atoms with Gasteiger partial charge in [-0.1, -0.05) is 71.1 Å². The Morgan fingerprint density at radius 3 is 1.13 bits per heavy atom. The van der Waals surface area contributed by atoms with Gasteiger partial charge in [-0.3, -0.25) is 4.79 Å². The van der Waals surface area contributed by atoms with E-state index in [2.05, 4.69) is 6.92 Å². The molecule has 0 aliphatic carbocycles. The fourth-order valence-corrected chi connectivity index (χ4v) is 5.15. The van der Waals surface area contributed by atoms with Crippen LogP contribution in [-0.4, -0.2) is 83.7 Å². The Bertz CT molecular complexity index is 951. The first-order valence-electron chi connectivity index (χ1n) is 14.2. The molecule has 0 saturated carbocycles. The molecule has 0 amide bonds. The molecule has 0 aromatic heterocycles. The van der Waals surface area contributed by atoms with E-state index in [9.17, 15) is 79.4 Å². The number of nitrogens with zero attached hydrogens (tertiary/aromatic N) is 1. The van der Waals surface area contributed by atoms with Gasteiger partial charge < -0.3 is 4.48 Å². The summed E-state index contributed by atoms with van der Waals surface area (Å²) in [7, 11) is 2.42. The Labute approximate surface area is 259 Å². The van der Waals surface area contributed by atoms with Gasteiger partial charge in [0.1, 0.15) is 6.54 Å². The number of thioether (sulfide) groups is 1. The lowest BCUT2D eigenvalue weighted by Crippen LogP contribution is -2.74. The van der Waals surface area contributed by atoms with Crippen molar-refractivity contribution in [3.63, 3.8) is 0 Å². The van der Waals surface area contributed by atoms with Crippen LogP contribution in [0.5, 0.6) is 0 Å². The van der Waals surface area contributed by atoms with Crippen molar-refractivity contribution >= 4 is 16.9 Å². The summed E-state index contributed by atoms with van der Waals surface area (Å²) >= 11 is -2.04. The van der Waals surface area contributed by atoms with Crippen molar-refractivity contribution in [1.29, 1.82) is 0 Å². The first-order chi connectivity index (χ1) is 20.4. The summed E-state index contributed by atoms with van der Waals surface area (Å²) in [4.78, 5) is 12.0. The summed E-state index contributed by atoms with van der Waals surface area (Å²) in [6.45, 7) is 1.00.